The van der Waals surface area contributed by atoms with Crippen LogP contribution in [0.1, 0.15) is 30.9 Å². The molecule has 1 aliphatic heterocycles. The van der Waals surface area contributed by atoms with E-state index in [2.05, 4.69) is 29.5 Å². The minimum Gasteiger partial charge on any atom is -0.454 e. The van der Waals surface area contributed by atoms with Crippen molar-refractivity contribution in [2.24, 2.45) is 0 Å². The highest BCUT2D eigenvalue weighted by Gasteiger charge is 2.15. The highest BCUT2D eigenvalue weighted by Crippen LogP contribution is 2.24. The Kier molecular flexibility index (Phi) is 4.02. The van der Waals surface area contributed by atoms with Gasteiger partial charge in [0, 0.05) is 6.54 Å². The highest BCUT2D eigenvalue weighted by atomic mass is 16.5. The van der Waals surface area contributed by atoms with Crippen LogP contribution in [-0.4, -0.2) is 22.9 Å². The fraction of sp³-hybridized carbons (Fsp3) is 0.438. The molecule has 1 atom stereocenters. The third-order valence-corrected chi connectivity index (χ3v) is 3.73. The van der Waals surface area contributed by atoms with E-state index < -0.39 is 0 Å². The first kappa shape index (κ1) is 13.2. The van der Waals surface area contributed by atoms with Crippen LogP contribution >= 0.6 is 0 Å². The molecule has 2 aromatic rings. The number of nitrogens with zero attached hydrogens (tertiary/aromatic N) is 2. The number of hydrogen-bond donors (Lipinski definition) is 1. The van der Waals surface area contributed by atoms with Crippen molar-refractivity contribution in [2.75, 3.05) is 13.1 Å². The number of ether oxygens (including phenoxy) is 1. The normalized spacial score (nSPS) is 19.6. The topological polar surface area (TPSA) is 39.1 Å². The minimum atomic E-state index is 0.438. The van der Waals surface area contributed by atoms with Gasteiger partial charge >= 0.3 is 0 Å². The monoisotopic (exact) mass is 271 g/mol. The SMILES string of the molecule is Cc1ccc(Oc2cnn(C3CCCCNC3)c2)cc1. The third-order valence-electron chi connectivity index (χ3n) is 3.73. The summed E-state index contributed by atoms with van der Waals surface area (Å²) >= 11 is 0. The molecule has 1 unspecified atom stereocenters. The average Bonchev–Trinajstić information content (AvgIpc) is 2.74. The molecule has 1 aliphatic rings. The Labute approximate surface area is 119 Å². The van der Waals surface area contributed by atoms with Gasteiger partial charge in [-0.2, -0.15) is 5.10 Å². The van der Waals surface area contributed by atoms with Crippen LogP contribution in [0.5, 0.6) is 11.5 Å². The Morgan fingerprint density at radius 3 is 2.90 bits per heavy atom. The molecule has 1 aromatic carbocycles. The molecule has 3 rings (SSSR count). The van der Waals surface area contributed by atoms with Crippen molar-refractivity contribution in [3.8, 4) is 11.5 Å². The maximum Gasteiger partial charge on any atom is 0.165 e. The molecule has 0 spiro atoms. The lowest BCUT2D eigenvalue weighted by Crippen LogP contribution is -2.23. The van der Waals surface area contributed by atoms with Gasteiger partial charge in [-0.15, -0.1) is 0 Å². The Hall–Kier alpha value is -1.81. The van der Waals surface area contributed by atoms with E-state index in [4.69, 9.17) is 4.74 Å². The van der Waals surface area contributed by atoms with Gasteiger partial charge in [0.25, 0.3) is 0 Å². The Morgan fingerprint density at radius 1 is 1.20 bits per heavy atom. The molecule has 4 nitrogen and oxygen atoms in total. The molecule has 0 bridgehead atoms. The van der Waals surface area contributed by atoms with Gasteiger partial charge in [0.15, 0.2) is 5.75 Å². The summed E-state index contributed by atoms with van der Waals surface area (Å²) in [5.74, 6) is 1.66. The molecule has 1 N–H and O–H groups in total. The molecule has 0 radical (unpaired) electrons. The Bertz CT molecular complexity index is 539. The lowest BCUT2D eigenvalue weighted by molar-refractivity contribution is 0.418. The maximum absolute atomic E-state index is 5.83. The van der Waals surface area contributed by atoms with E-state index in [0.717, 1.165) is 24.6 Å². The molecule has 1 fully saturated rings. The largest absolute Gasteiger partial charge is 0.454 e. The van der Waals surface area contributed by atoms with E-state index in [-0.39, 0.29) is 0 Å². The predicted molar refractivity (Wildman–Crippen MR) is 79.2 cm³/mol. The van der Waals surface area contributed by atoms with Crippen molar-refractivity contribution in [1.29, 1.82) is 0 Å². The summed E-state index contributed by atoms with van der Waals surface area (Å²) in [6, 6.07) is 8.51. The molecule has 4 heteroatoms. The van der Waals surface area contributed by atoms with E-state index in [0.29, 0.717) is 6.04 Å². The quantitative estimate of drug-likeness (QED) is 0.931. The van der Waals surface area contributed by atoms with Crippen molar-refractivity contribution in [2.45, 2.75) is 32.2 Å². The molecular formula is C16H21N3O. The van der Waals surface area contributed by atoms with E-state index in [1.165, 1.54) is 24.8 Å². The van der Waals surface area contributed by atoms with Crippen molar-refractivity contribution in [3.63, 3.8) is 0 Å². The van der Waals surface area contributed by atoms with Crippen LogP contribution in [0.2, 0.25) is 0 Å². The summed E-state index contributed by atoms with van der Waals surface area (Å²) in [7, 11) is 0. The van der Waals surface area contributed by atoms with Gasteiger partial charge in [0.05, 0.1) is 18.4 Å². The predicted octanol–water partition coefficient (Wildman–Crippen LogP) is 3.30. The van der Waals surface area contributed by atoms with Gasteiger partial charge < -0.3 is 10.1 Å². The molecule has 0 aliphatic carbocycles. The molecule has 0 amide bonds. The highest BCUT2D eigenvalue weighted by molar-refractivity contribution is 5.30. The van der Waals surface area contributed by atoms with E-state index >= 15 is 0 Å². The number of aryl methyl sites for hydroxylation is 1. The summed E-state index contributed by atoms with van der Waals surface area (Å²) in [6.45, 7) is 4.18. The Balaban J connectivity index is 1.68. The zero-order chi connectivity index (χ0) is 13.8. The minimum absolute atomic E-state index is 0.438. The summed E-state index contributed by atoms with van der Waals surface area (Å²) in [5.41, 5.74) is 1.23. The fourth-order valence-corrected chi connectivity index (χ4v) is 2.54. The first-order valence-electron chi connectivity index (χ1n) is 7.31. The number of aromatic nitrogens is 2. The van der Waals surface area contributed by atoms with Crippen LogP contribution in [0.4, 0.5) is 0 Å². The van der Waals surface area contributed by atoms with Crippen molar-refractivity contribution in [1.82, 2.24) is 15.1 Å². The second-order valence-electron chi connectivity index (χ2n) is 5.42. The number of rotatable bonds is 3. The number of hydrogen-bond acceptors (Lipinski definition) is 3. The fourth-order valence-electron chi connectivity index (χ4n) is 2.54. The van der Waals surface area contributed by atoms with Crippen LogP contribution < -0.4 is 10.1 Å². The van der Waals surface area contributed by atoms with Crippen LogP contribution in [0.15, 0.2) is 36.7 Å². The summed E-state index contributed by atoms with van der Waals surface area (Å²) in [5, 5.41) is 7.91. The van der Waals surface area contributed by atoms with Crippen molar-refractivity contribution < 1.29 is 4.74 Å². The first-order valence-corrected chi connectivity index (χ1v) is 7.31. The Morgan fingerprint density at radius 2 is 2.05 bits per heavy atom. The van der Waals surface area contributed by atoms with E-state index in [9.17, 15) is 0 Å². The van der Waals surface area contributed by atoms with Gasteiger partial charge in [-0.1, -0.05) is 24.1 Å². The second kappa shape index (κ2) is 6.09. The van der Waals surface area contributed by atoms with Gasteiger partial charge in [0.1, 0.15) is 5.75 Å². The maximum atomic E-state index is 5.83. The summed E-state index contributed by atoms with van der Waals surface area (Å²) < 4.78 is 7.86. The zero-order valence-electron chi connectivity index (χ0n) is 11.9. The van der Waals surface area contributed by atoms with E-state index in [1.54, 1.807) is 6.20 Å². The number of benzene rings is 1. The number of nitrogens with one attached hydrogen (secondary N) is 1. The van der Waals surface area contributed by atoms with Crippen LogP contribution in [-0.2, 0) is 0 Å². The summed E-state index contributed by atoms with van der Waals surface area (Å²) in [6.07, 6.45) is 7.48. The van der Waals surface area contributed by atoms with Gasteiger partial charge in [-0.05, 0) is 38.4 Å². The van der Waals surface area contributed by atoms with Crippen LogP contribution in [0, 0.1) is 6.92 Å². The molecule has 20 heavy (non-hydrogen) atoms. The van der Waals surface area contributed by atoms with Gasteiger partial charge in [0.2, 0.25) is 0 Å². The summed E-state index contributed by atoms with van der Waals surface area (Å²) in [4.78, 5) is 0. The third kappa shape index (κ3) is 3.20. The molecule has 1 saturated heterocycles. The van der Waals surface area contributed by atoms with Gasteiger partial charge in [-0.25, -0.2) is 0 Å². The zero-order valence-corrected chi connectivity index (χ0v) is 11.9. The average molecular weight is 271 g/mol. The van der Waals surface area contributed by atoms with E-state index in [1.807, 2.05) is 23.0 Å². The van der Waals surface area contributed by atoms with Gasteiger partial charge in [-0.3, -0.25) is 4.68 Å². The molecular weight excluding hydrogens is 250 g/mol. The molecule has 2 heterocycles. The van der Waals surface area contributed by atoms with Crippen molar-refractivity contribution >= 4 is 0 Å². The molecule has 106 valence electrons. The molecule has 0 saturated carbocycles. The van der Waals surface area contributed by atoms with Crippen molar-refractivity contribution in [3.05, 3.63) is 42.2 Å². The molecule has 1 aromatic heterocycles. The smallest absolute Gasteiger partial charge is 0.165 e. The second-order valence-corrected chi connectivity index (χ2v) is 5.42. The lowest BCUT2D eigenvalue weighted by Gasteiger charge is -2.14. The lowest BCUT2D eigenvalue weighted by atomic mass is 10.1. The first-order chi connectivity index (χ1) is 9.81. The van der Waals surface area contributed by atoms with Crippen LogP contribution in [0.25, 0.3) is 0 Å². The standard InChI is InChI=1S/C16H21N3O/c1-13-5-7-15(8-6-13)20-16-11-18-19(12-16)14-4-2-3-9-17-10-14/h5-8,11-12,14,17H,2-4,9-10H2,1H3. The van der Waals surface area contributed by atoms with Crippen LogP contribution in [0.3, 0.4) is 0 Å².